The van der Waals surface area contributed by atoms with Gasteiger partial charge in [0, 0.05) is 17.1 Å². The van der Waals surface area contributed by atoms with E-state index in [2.05, 4.69) is 21.2 Å². The first kappa shape index (κ1) is 16.4. The van der Waals surface area contributed by atoms with E-state index in [0.29, 0.717) is 6.54 Å². The van der Waals surface area contributed by atoms with Crippen molar-refractivity contribution < 1.29 is 14.3 Å². The lowest BCUT2D eigenvalue weighted by Gasteiger charge is -2.11. The van der Waals surface area contributed by atoms with Gasteiger partial charge < -0.3 is 10.1 Å². The molecule has 1 aromatic carbocycles. The van der Waals surface area contributed by atoms with Crippen LogP contribution in [0.25, 0.3) is 6.08 Å². The van der Waals surface area contributed by atoms with Crippen LogP contribution in [0.5, 0.6) is 0 Å². The summed E-state index contributed by atoms with van der Waals surface area (Å²) in [6.45, 7) is 4.08. The van der Waals surface area contributed by atoms with Gasteiger partial charge in [0.1, 0.15) is 0 Å². The molecule has 4 nitrogen and oxygen atoms in total. The Labute approximate surface area is 127 Å². The van der Waals surface area contributed by atoms with Crippen LogP contribution in [0, 0.1) is 0 Å². The van der Waals surface area contributed by atoms with E-state index in [1.807, 2.05) is 31.2 Å². The average Bonchev–Trinajstić information content (AvgIpc) is 2.43. The van der Waals surface area contributed by atoms with Gasteiger partial charge in [0.05, 0.1) is 0 Å². The summed E-state index contributed by atoms with van der Waals surface area (Å²) in [6, 6.07) is 7.51. The molecule has 0 spiro atoms. The summed E-state index contributed by atoms with van der Waals surface area (Å²) in [6.07, 6.45) is 3.00. The second-order valence-electron chi connectivity index (χ2n) is 4.22. The molecule has 1 N–H and O–H groups in total. The van der Waals surface area contributed by atoms with Gasteiger partial charge in [0.25, 0.3) is 5.91 Å². The Kier molecular flexibility index (Phi) is 7.01. The average molecular weight is 340 g/mol. The van der Waals surface area contributed by atoms with Gasteiger partial charge in [0.15, 0.2) is 6.10 Å². The molecule has 1 rings (SSSR count). The van der Waals surface area contributed by atoms with Gasteiger partial charge in [-0.2, -0.15) is 0 Å². The summed E-state index contributed by atoms with van der Waals surface area (Å²) in [5.41, 5.74) is 0.868. The Morgan fingerprint density at radius 2 is 2.10 bits per heavy atom. The molecule has 0 aromatic heterocycles. The number of amides is 1. The van der Waals surface area contributed by atoms with E-state index in [1.54, 1.807) is 13.0 Å². The van der Waals surface area contributed by atoms with Crippen molar-refractivity contribution in [2.75, 3.05) is 6.54 Å². The Morgan fingerprint density at radius 3 is 2.75 bits per heavy atom. The van der Waals surface area contributed by atoms with Gasteiger partial charge in [-0.3, -0.25) is 4.79 Å². The highest BCUT2D eigenvalue weighted by atomic mass is 79.9. The molecule has 0 saturated carbocycles. The van der Waals surface area contributed by atoms with Gasteiger partial charge in [0.2, 0.25) is 0 Å². The van der Waals surface area contributed by atoms with Crippen LogP contribution >= 0.6 is 15.9 Å². The molecule has 1 amide bonds. The Hall–Kier alpha value is -1.62. The number of carbonyl (C=O) groups is 2. The van der Waals surface area contributed by atoms with Crippen LogP contribution in [0.1, 0.15) is 25.8 Å². The quantitative estimate of drug-likeness (QED) is 0.640. The number of esters is 1. The van der Waals surface area contributed by atoms with E-state index in [0.717, 1.165) is 16.5 Å². The van der Waals surface area contributed by atoms with E-state index >= 15 is 0 Å². The standard InChI is InChI=1S/C15H18BrNO3/c1-3-10-17-15(19)11(2)20-14(18)9-8-12-6-4-5-7-13(12)16/h4-9,11H,3,10H2,1-2H3,(H,17,19)/b9-8+/t11-/m0/s1. The van der Waals surface area contributed by atoms with Crippen molar-refractivity contribution in [1.82, 2.24) is 5.32 Å². The number of rotatable bonds is 6. The molecular weight excluding hydrogens is 322 g/mol. The van der Waals surface area contributed by atoms with E-state index in [4.69, 9.17) is 4.74 Å². The van der Waals surface area contributed by atoms with E-state index in [1.165, 1.54) is 6.08 Å². The van der Waals surface area contributed by atoms with Gasteiger partial charge >= 0.3 is 5.97 Å². The number of hydrogen-bond acceptors (Lipinski definition) is 3. The second kappa shape index (κ2) is 8.53. The molecule has 20 heavy (non-hydrogen) atoms. The highest BCUT2D eigenvalue weighted by Crippen LogP contribution is 2.17. The molecule has 0 bridgehead atoms. The molecule has 5 heteroatoms. The fourth-order valence-corrected chi connectivity index (χ4v) is 1.84. The molecule has 0 radical (unpaired) electrons. The topological polar surface area (TPSA) is 55.4 Å². The molecule has 0 unspecified atom stereocenters. The number of ether oxygens (including phenoxy) is 1. The smallest absolute Gasteiger partial charge is 0.331 e. The summed E-state index contributed by atoms with van der Waals surface area (Å²) < 4.78 is 5.90. The Morgan fingerprint density at radius 1 is 1.40 bits per heavy atom. The minimum Gasteiger partial charge on any atom is -0.449 e. The number of nitrogens with one attached hydrogen (secondary N) is 1. The highest BCUT2D eigenvalue weighted by molar-refractivity contribution is 9.10. The van der Waals surface area contributed by atoms with Crippen LogP contribution in [0.15, 0.2) is 34.8 Å². The molecule has 0 fully saturated rings. The zero-order chi connectivity index (χ0) is 15.0. The van der Waals surface area contributed by atoms with Gasteiger partial charge in [-0.25, -0.2) is 4.79 Å². The zero-order valence-electron chi connectivity index (χ0n) is 11.6. The fraction of sp³-hybridized carbons (Fsp3) is 0.333. The predicted molar refractivity (Wildman–Crippen MR) is 82.0 cm³/mol. The second-order valence-corrected chi connectivity index (χ2v) is 5.08. The van der Waals surface area contributed by atoms with Crippen LogP contribution < -0.4 is 5.32 Å². The van der Waals surface area contributed by atoms with Crippen molar-refractivity contribution in [1.29, 1.82) is 0 Å². The molecule has 1 aromatic rings. The zero-order valence-corrected chi connectivity index (χ0v) is 13.1. The van der Waals surface area contributed by atoms with E-state index < -0.39 is 12.1 Å². The third kappa shape index (κ3) is 5.57. The van der Waals surface area contributed by atoms with Crippen molar-refractivity contribution in [3.63, 3.8) is 0 Å². The monoisotopic (exact) mass is 339 g/mol. The first-order valence-corrected chi connectivity index (χ1v) is 7.24. The molecule has 1 atom stereocenters. The third-order valence-corrected chi connectivity index (χ3v) is 3.24. The van der Waals surface area contributed by atoms with E-state index in [-0.39, 0.29) is 5.91 Å². The van der Waals surface area contributed by atoms with Crippen molar-refractivity contribution in [2.45, 2.75) is 26.4 Å². The summed E-state index contributed by atoms with van der Waals surface area (Å²) >= 11 is 3.38. The number of halogens is 1. The normalized spacial score (nSPS) is 12.2. The summed E-state index contributed by atoms with van der Waals surface area (Å²) in [4.78, 5) is 23.2. The summed E-state index contributed by atoms with van der Waals surface area (Å²) in [5, 5.41) is 2.67. The lowest BCUT2D eigenvalue weighted by atomic mass is 10.2. The number of hydrogen-bond donors (Lipinski definition) is 1. The molecular formula is C15H18BrNO3. The minimum absolute atomic E-state index is 0.283. The first-order chi connectivity index (χ1) is 9.54. The molecule has 108 valence electrons. The van der Waals surface area contributed by atoms with Crippen LogP contribution in [0.3, 0.4) is 0 Å². The maximum atomic E-state index is 11.6. The largest absolute Gasteiger partial charge is 0.449 e. The Bertz CT molecular complexity index is 500. The van der Waals surface area contributed by atoms with Crippen LogP contribution in [-0.2, 0) is 14.3 Å². The molecule has 0 aliphatic carbocycles. The SMILES string of the molecule is CCCNC(=O)[C@H](C)OC(=O)/C=C/c1ccccc1Br. The molecule has 0 saturated heterocycles. The van der Waals surface area contributed by atoms with Gasteiger partial charge in [-0.1, -0.05) is 41.1 Å². The number of carbonyl (C=O) groups excluding carboxylic acids is 2. The molecule has 0 heterocycles. The Balaban J connectivity index is 2.51. The lowest BCUT2D eigenvalue weighted by molar-refractivity contribution is -0.150. The van der Waals surface area contributed by atoms with Crippen molar-refractivity contribution in [3.8, 4) is 0 Å². The summed E-state index contributed by atoms with van der Waals surface area (Å²) in [7, 11) is 0. The summed E-state index contributed by atoms with van der Waals surface area (Å²) in [5.74, 6) is -0.825. The van der Waals surface area contributed by atoms with Crippen molar-refractivity contribution >= 4 is 33.9 Å². The maximum absolute atomic E-state index is 11.6. The minimum atomic E-state index is -0.794. The van der Waals surface area contributed by atoms with Crippen LogP contribution in [0.2, 0.25) is 0 Å². The molecule has 0 aliphatic heterocycles. The number of benzene rings is 1. The predicted octanol–water partition coefficient (Wildman–Crippen LogP) is 2.92. The van der Waals surface area contributed by atoms with Crippen LogP contribution in [0.4, 0.5) is 0 Å². The van der Waals surface area contributed by atoms with Gasteiger partial charge in [-0.05, 0) is 31.1 Å². The highest BCUT2D eigenvalue weighted by Gasteiger charge is 2.15. The lowest BCUT2D eigenvalue weighted by Crippen LogP contribution is -2.35. The fourth-order valence-electron chi connectivity index (χ4n) is 1.43. The maximum Gasteiger partial charge on any atom is 0.331 e. The third-order valence-electron chi connectivity index (χ3n) is 2.52. The van der Waals surface area contributed by atoms with Crippen molar-refractivity contribution in [3.05, 3.63) is 40.4 Å². The molecule has 0 aliphatic rings. The van der Waals surface area contributed by atoms with Gasteiger partial charge in [-0.15, -0.1) is 0 Å². The van der Waals surface area contributed by atoms with Crippen molar-refractivity contribution in [2.24, 2.45) is 0 Å². The first-order valence-electron chi connectivity index (χ1n) is 6.45. The van der Waals surface area contributed by atoms with E-state index in [9.17, 15) is 9.59 Å². The van der Waals surface area contributed by atoms with Crippen LogP contribution in [-0.4, -0.2) is 24.5 Å².